The van der Waals surface area contributed by atoms with Crippen LogP contribution >= 0.6 is 39.9 Å². The van der Waals surface area contributed by atoms with Crippen molar-refractivity contribution in [1.82, 2.24) is 4.90 Å². The van der Waals surface area contributed by atoms with Crippen LogP contribution in [-0.2, 0) is 4.79 Å². The van der Waals surface area contributed by atoms with Gasteiger partial charge in [-0.2, -0.15) is 0 Å². The summed E-state index contributed by atoms with van der Waals surface area (Å²) in [5.41, 5.74) is 0.859. The van der Waals surface area contributed by atoms with Crippen molar-refractivity contribution < 1.29 is 14.3 Å². The van der Waals surface area contributed by atoms with E-state index in [1.165, 1.54) is 11.8 Å². The van der Waals surface area contributed by atoms with Crippen molar-refractivity contribution >= 4 is 56.2 Å². The Morgan fingerprint density at radius 1 is 1.38 bits per heavy atom. The molecular weight excluding hydrogens is 410 g/mol. The van der Waals surface area contributed by atoms with Crippen LogP contribution in [-0.4, -0.2) is 34.4 Å². The first kappa shape index (κ1) is 19.3. The van der Waals surface area contributed by atoms with Gasteiger partial charge >= 0.3 is 0 Å². The summed E-state index contributed by atoms with van der Waals surface area (Å²) in [4.78, 5) is 14.6. The summed E-state index contributed by atoms with van der Waals surface area (Å²) in [6, 6.07) is 3.79. The number of amides is 1. The maximum Gasteiger partial charge on any atom is 0.266 e. The maximum atomic E-state index is 12.3. The zero-order chi connectivity index (χ0) is 17.9. The van der Waals surface area contributed by atoms with E-state index in [0.717, 1.165) is 10.0 Å². The molecule has 0 saturated carbocycles. The molecule has 0 aliphatic carbocycles. The summed E-state index contributed by atoms with van der Waals surface area (Å²) in [6.45, 7) is 8.87. The lowest BCUT2D eigenvalue weighted by Gasteiger charge is -2.17. The van der Waals surface area contributed by atoms with E-state index in [1.54, 1.807) is 4.90 Å². The fourth-order valence-corrected chi connectivity index (χ4v) is 4.15. The molecule has 1 fully saturated rings. The monoisotopic (exact) mass is 429 g/mol. The van der Waals surface area contributed by atoms with Crippen molar-refractivity contribution in [2.45, 2.75) is 33.8 Å². The number of halogens is 1. The van der Waals surface area contributed by atoms with Crippen LogP contribution in [0.15, 0.2) is 21.5 Å². The molecule has 1 aliphatic heterocycles. The third-order valence-corrected chi connectivity index (χ3v) is 5.14. The average Bonchev–Trinajstić information content (AvgIpc) is 2.76. The van der Waals surface area contributed by atoms with E-state index >= 15 is 0 Å². The quantitative estimate of drug-likeness (QED) is 0.476. The van der Waals surface area contributed by atoms with Gasteiger partial charge in [0.2, 0.25) is 0 Å². The number of thiocarbonyl (C=S) groups is 1. The molecule has 2 rings (SSSR count). The molecule has 24 heavy (non-hydrogen) atoms. The van der Waals surface area contributed by atoms with Gasteiger partial charge in [-0.15, -0.1) is 0 Å². The van der Waals surface area contributed by atoms with E-state index in [9.17, 15) is 4.79 Å². The minimum Gasteiger partial charge on any atom is -0.490 e. The first-order valence-electron chi connectivity index (χ1n) is 7.75. The largest absolute Gasteiger partial charge is 0.490 e. The molecule has 1 saturated heterocycles. The minimum absolute atomic E-state index is 0.0344. The predicted octanol–water partition coefficient (Wildman–Crippen LogP) is 4.86. The number of benzene rings is 1. The van der Waals surface area contributed by atoms with Crippen molar-refractivity contribution in [1.29, 1.82) is 0 Å². The topological polar surface area (TPSA) is 38.8 Å². The number of thioether (sulfide) groups is 1. The molecule has 0 bridgehead atoms. The van der Waals surface area contributed by atoms with Gasteiger partial charge in [-0.1, -0.05) is 24.0 Å². The van der Waals surface area contributed by atoms with Crippen LogP contribution in [0.5, 0.6) is 11.5 Å². The Balaban J connectivity index is 2.40. The highest BCUT2D eigenvalue weighted by molar-refractivity contribution is 9.10. The number of nitrogens with zero attached hydrogens (tertiary/aromatic N) is 1. The molecule has 0 spiro atoms. The van der Waals surface area contributed by atoms with Gasteiger partial charge in [-0.25, -0.2) is 0 Å². The summed E-state index contributed by atoms with van der Waals surface area (Å²) in [7, 11) is 0. The summed E-state index contributed by atoms with van der Waals surface area (Å²) >= 11 is 10.1. The summed E-state index contributed by atoms with van der Waals surface area (Å²) < 4.78 is 12.9. The highest BCUT2D eigenvalue weighted by Crippen LogP contribution is 2.39. The van der Waals surface area contributed by atoms with Crippen LogP contribution in [0.1, 0.15) is 33.3 Å². The van der Waals surface area contributed by atoms with E-state index in [4.69, 9.17) is 21.7 Å². The third kappa shape index (κ3) is 4.32. The van der Waals surface area contributed by atoms with E-state index in [1.807, 2.05) is 45.9 Å². The molecule has 1 aromatic carbocycles. The van der Waals surface area contributed by atoms with E-state index < -0.39 is 0 Å². The van der Waals surface area contributed by atoms with Crippen molar-refractivity contribution in [3.8, 4) is 11.5 Å². The molecule has 4 nitrogen and oxygen atoms in total. The second-order valence-electron chi connectivity index (χ2n) is 5.36. The van der Waals surface area contributed by atoms with Crippen LogP contribution in [0, 0.1) is 0 Å². The number of likely N-dealkylation sites (N-methyl/N-ethyl adjacent to an activating group) is 1. The van der Waals surface area contributed by atoms with E-state index in [2.05, 4.69) is 15.9 Å². The first-order chi connectivity index (χ1) is 11.4. The zero-order valence-corrected chi connectivity index (χ0v) is 17.3. The molecule has 1 aromatic rings. The van der Waals surface area contributed by atoms with Crippen molar-refractivity contribution in [3.05, 3.63) is 27.1 Å². The number of carbonyl (C=O) groups excluding carboxylic acids is 1. The molecule has 1 aliphatic rings. The molecule has 7 heteroatoms. The van der Waals surface area contributed by atoms with Gasteiger partial charge in [0, 0.05) is 6.54 Å². The van der Waals surface area contributed by atoms with Crippen molar-refractivity contribution in [2.75, 3.05) is 13.2 Å². The van der Waals surface area contributed by atoms with Gasteiger partial charge in [0.1, 0.15) is 4.32 Å². The molecule has 0 aromatic heterocycles. The Morgan fingerprint density at radius 2 is 2.08 bits per heavy atom. The average molecular weight is 430 g/mol. The van der Waals surface area contributed by atoms with Crippen molar-refractivity contribution in [3.63, 3.8) is 0 Å². The second kappa shape index (κ2) is 8.36. The van der Waals surface area contributed by atoms with Gasteiger partial charge in [-0.3, -0.25) is 9.69 Å². The SMILES string of the molecule is CCOc1cc(/C=C2\SC(=S)N(CC)C2=O)cc(Br)c1OC(C)C. The van der Waals surface area contributed by atoms with Gasteiger partial charge in [0.05, 0.1) is 22.1 Å². The maximum absolute atomic E-state index is 12.3. The smallest absolute Gasteiger partial charge is 0.266 e. The van der Waals surface area contributed by atoms with Crippen LogP contribution in [0.3, 0.4) is 0 Å². The summed E-state index contributed by atoms with van der Waals surface area (Å²) in [6.07, 6.45) is 1.87. The first-order valence-corrected chi connectivity index (χ1v) is 9.77. The fourth-order valence-electron chi connectivity index (χ4n) is 2.21. The predicted molar refractivity (Wildman–Crippen MR) is 107 cm³/mol. The molecule has 0 unspecified atom stereocenters. The number of rotatable bonds is 6. The van der Waals surface area contributed by atoms with Gasteiger partial charge in [0.25, 0.3) is 5.91 Å². The highest BCUT2D eigenvalue weighted by Gasteiger charge is 2.30. The molecule has 1 heterocycles. The van der Waals surface area contributed by atoms with Crippen LogP contribution in [0.2, 0.25) is 0 Å². The molecule has 0 N–H and O–H groups in total. The Kier molecular flexibility index (Phi) is 6.71. The van der Waals surface area contributed by atoms with Gasteiger partial charge in [-0.05, 0) is 67.4 Å². The Morgan fingerprint density at radius 3 is 2.62 bits per heavy atom. The summed E-state index contributed by atoms with van der Waals surface area (Å²) in [5.74, 6) is 1.27. The lowest BCUT2D eigenvalue weighted by molar-refractivity contribution is -0.121. The van der Waals surface area contributed by atoms with Crippen LogP contribution in [0.4, 0.5) is 0 Å². The molecular formula is C17H20BrNO3S2. The molecule has 0 atom stereocenters. The Labute approximate surface area is 160 Å². The minimum atomic E-state index is -0.0518. The lowest BCUT2D eigenvalue weighted by atomic mass is 10.1. The Hall–Kier alpha value is -1.05. The lowest BCUT2D eigenvalue weighted by Crippen LogP contribution is -2.27. The number of hydrogen-bond donors (Lipinski definition) is 0. The van der Waals surface area contributed by atoms with E-state index in [-0.39, 0.29) is 12.0 Å². The van der Waals surface area contributed by atoms with Gasteiger partial charge in [0.15, 0.2) is 11.5 Å². The van der Waals surface area contributed by atoms with Crippen molar-refractivity contribution in [2.24, 2.45) is 0 Å². The van der Waals surface area contributed by atoms with Crippen LogP contribution in [0.25, 0.3) is 6.08 Å². The number of ether oxygens (including phenoxy) is 2. The highest BCUT2D eigenvalue weighted by atomic mass is 79.9. The second-order valence-corrected chi connectivity index (χ2v) is 7.89. The fraction of sp³-hybridized carbons (Fsp3) is 0.412. The molecule has 1 amide bonds. The zero-order valence-electron chi connectivity index (χ0n) is 14.1. The Bertz CT molecular complexity index is 689. The standard InChI is InChI=1S/C17H20BrNO3S2/c1-5-19-16(20)14(24-17(19)23)9-11-7-12(18)15(22-10(3)4)13(8-11)21-6-2/h7-10H,5-6H2,1-4H3/b14-9-. The molecule has 0 radical (unpaired) electrons. The third-order valence-electron chi connectivity index (χ3n) is 3.17. The summed E-state index contributed by atoms with van der Waals surface area (Å²) in [5, 5.41) is 0. The number of carbonyl (C=O) groups is 1. The van der Waals surface area contributed by atoms with E-state index in [0.29, 0.717) is 33.9 Å². The van der Waals surface area contributed by atoms with Crippen LogP contribution < -0.4 is 9.47 Å². The van der Waals surface area contributed by atoms with Gasteiger partial charge < -0.3 is 9.47 Å². The number of hydrogen-bond acceptors (Lipinski definition) is 5. The molecule has 130 valence electrons. The normalized spacial score (nSPS) is 16.4.